The molecule has 0 saturated carbocycles. The number of rotatable bonds is 6. The Bertz CT molecular complexity index is 710. The van der Waals surface area contributed by atoms with Crippen molar-refractivity contribution in [1.82, 2.24) is 0 Å². The Balaban J connectivity index is 2.13. The molecule has 1 amide bonds. The maximum atomic E-state index is 12.5. The average Bonchev–Trinajstić information content (AvgIpc) is 2.55. The molecule has 0 aliphatic carbocycles. The number of carbonyl (C=O) groups excluding carboxylic acids is 1. The number of nitrogens with one attached hydrogen (secondary N) is 1. The van der Waals surface area contributed by atoms with Gasteiger partial charge < -0.3 is 14.8 Å². The zero-order valence-corrected chi connectivity index (χ0v) is 14.9. The molecule has 0 bridgehead atoms. The lowest BCUT2D eigenvalue weighted by Gasteiger charge is -2.20. The predicted octanol–water partition coefficient (Wildman–Crippen LogP) is 4.53. The topological polar surface area (TPSA) is 47.6 Å². The molecule has 0 aliphatic heterocycles. The number of para-hydroxylation sites is 2. The van der Waals surface area contributed by atoms with Crippen LogP contribution >= 0.6 is 0 Å². The number of methoxy groups -OCH3 is 1. The fourth-order valence-corrected chi connectivity index (χ4v) is 2.45. The van der Waals surface area contributed by atoms with Crippen LogP contribution in [0.2, 0.25) is 0 Å². The first-order valence-electron chi connectivity index (χ1n) is 8.13. The Morgan fingerprint density at radius 3 is 2.42 bits per heavy atom. The van der Waals surface area contributed by atoms with Crippen molar-refractivity contribution < 1.29 is 14.3 Å². The first-order chi connectivity index (χ1) is 11.4. The van der Waals surface area contributed by atoms with Crippen LogP contribution in [0.15, 0.2) is 42.5 Å². The minimum atomic E-state index is -0.616. The van der Waals surface area contributed by atoms with Gasteiger partial charge in [0.25, 0.3) is 5.91 Å². The summed E-state index contributed by atoms with van der Waals surface area (Å²) in [5.74, 6) is 1.49. The van der Waals surface area contributed by atoms with Gasteiger partial charge >= 0.3 is 0 Å². The molecule has 0 spiro atoms. The number of hydrogen-bond acceptors (Lipinski definition) is 3. The number of carbonyl (C=O) groups is 1. The fraction of sp³-hybridized carbons (Fsp3) is 0.350. The normalized spacial score (nSPS) is 11.9. The SMILES string of the molecule is COc1ccccc1NC(=O)[C@H](C)Oc1cc(C)ccc1C(C)C. The average molecular weight is 327 g/mol. The van der Waals surface area contributed by atoms with Crippen molar-refractivity contribution in [2.45, 2.75) is 39.7 Å². The van der Waals surface area contributed by atoms with Gasteiger partial charge in [0.1, 0.15) is 11.5 Å². The van der Waals surface area contributed by atoms with Gasteiger partial charge in [-0.1, -0.05) is 38.1 Å². The van der Waals surface area contributed by atoms with E-state index in [4.69, 9.17) is 9.47 Å². The molecule has 0 aliphatic rings. The van der Waals surface area contributed by atoms with Crippen LogP contribution in [-0.4, -0.2) is 19.1 Å². The lowest BCUT2D eigenvalue weighted by Crippen LogP contribution is -2.30. The van der Waals surface area contributed by atoms with E-state index in [2.05, 4.69) is 31.3 Å². The van der Waals surface area contributed by atoms with Crippen LogP contribution in [0.5, 0.6) is 11.5 Å². The van der Waals surface area contributed by atoms with Crippen LogP contribution in [0.1, 0.15) is 37.8 Å². The largest absolute Gasteiger partial charge is 0.495 e. The van der Waals surface area contributed by atoms with E-state index in [0.29, 0.717) is 17.4 Å². The van der Waals surface area contributed by atoms with Crippen LogP contribution in [0.3, 0.4) is 0 Å². The molecule has 0 unspecified atom stereocenters. The fourth-order valence-electron chi connectivity index (χ4n) is 2.45. The molecule has 1 atom stereocenters. The molecule has 0 radical (unpaired) electrons. The van der Waals surface area contributed by atoms with E-state index in [1.165, 1.54) is 0 Å². The van der Waals surface area contributed by atoms with Gasteiger partial charge in [-0.3, -0.25) is 4.79 Å². The summed E-state index contributed by atoms with van der Waals surface area (Å²) >= 11 is 0. The van der Waals surface area contributed by atoms with Gasteiger partial charge in [-0.2, -0.15) is 0 Å². The van der Waals surface area contributed by atoms with E-state index in [1.54, 1.807) is 26.2 Å². The van der Waals surface area contributed by atoms with Crippen molar-refractivity contribution in [1.29, 1.82) is 0 Å². The zero-order valence-electron chi connectivity index (χ0n) is 14.9. The monoisotopic (exact) mass is 327 g/mol. The first-order valence-corrected chi connectivity index (χ1v) is 8.13. The molecule has 4 nitrogen and oxygen atoms in total. The molecule has 2 aromatic carbocycles. The highest BCUT2D eigenvalue weighted by molar-refractivity contribution is 5.95. The molecule has 2 rings (SSSR count). The van der Waals surface area contributed by atoms with Crippen LogP contribution in [0.25, 0.3) is 0 Å². The van der Waals surface area contributed by atoms with Crippen LogP contribution in [0.4, 0.5) is 5.69 Å². The Hall–Kier alpha value is -2.49. The van der Waals surface area contributed by atoms with Gasteiger partial charge in [-0.15, -0.1) is 0 Å². The molecule has 128 valence electrons. The van der Waals surface area contributed by atoms with Crippen LogP contribution in [-0.2, 0) is 4.79 Å². The van der Waals surface area contributed by atoms with Gasteiger partial charge in [0.15, 0.2) is 6.10 Å². The standard InChI is InChI=1S/C20H25NO3/c1-13(2)16-11-10-14(3)12-19(16)24-15(4)20(22)21-17-8-6-7-9-18(17)23-5/h6-13,15H,1-5H3,(H,21,22)/t15-/m0/s1. The number of anilines is 1. The maximum absolute atomic E-state index is 12.5. The summed E-state index contributed by atoms with van der Waals surface area (Å²) in [7, 11) is 1.58. The molecule has 4 heteroatoms. The van der Waals surface area contributed by atoms with Gasteiger partial charge in [0.2, 0.25) is 0 Å². The van der Waals surface area contributed by atoms with Crippen molar-refractivity contribution in [3.8, 4) is 11.5 Å². The molecule has 0 fully saturated rings. The summed E-state index contributed by atoms with van der Waals surface area (Å²) < 4.78 is 11.2. The smallest absolute Gasteiger partial charge is 0.265 e. The van der Waals surface area contributed by atoms with Crippen molar-refractivity contribution in [2.24, 2.45) is 0 Å². The Labute approximate surface area is 143 Å². The number of benzene rings is 2. The molecular formula is C20H25NO3. The first kappa shape index (κ1) is 17.9. The van der Waals surface area contributed by atoms with Gasteiger partial charge in [0, 0.05) is 0 Å². The van der Waals surface area contributed by atoms with Crippen molar-refractivity contribution in [3.63, 3.8) is 0 Å². The molecule has 24 heavy (non-hydrogen) atoms. The number of ether oxygens (including phenoxy) is 2. The second-order valence-corrected chi connectivity index (χ2v) is 6.15. The summed E-state index contributed by atoms with van der Waals surface area (Å²) in [5, 5.41) is 2.86. The van der Waals surface area contributed by atoms with E-state index in [9.17, 15) is 4.79 Å². The third-order valence-electron chi connectivity index (χ3n) is 3.83. The Morgan fingerprint density at radius 2 is 1.75 bits per heavy atom. The summed E-state index contributed by atoms with van der Waals surface area (Å²) in [6, 6.07) is 13.4. The highest BCUT2D eigenvalue weighted by Crippen LogP contribution is 2.29. The highest BCUT2D eigenvalue weighted by Gasteiger charge is 2.19. The number of amides is 1. The van der Waals surface area contributed by atoms with E-state index < -0.39 is 6.10 Å². The van der Waals surface area contributed by atoms with Crippen molar-refractivity contribution in [2.75, 3.05) is 12.4 Å². The maximum Gasteiger partial charge on any atom is 0.265 e. The molecule has 0 aromatic heterocycles. The van der Waals surface area contributed by atoms with Gasteiger partial charge in [-0.05, 0) is 49.1 Å². The number of aryl methyl sites for hydroxylation is 1. The molecule has 0 heterocycles. The summed E-state index contributed by atoms with van der Waals surface area (Å²) in [5.41, 5.74) is 2.83. The third kappa shape index (κ3) is 4.28. The lowest BCUT2D eigenvalue weighted by molar-refractivity contribution is -0.122. The van der Waals surface area contributed by atoms with E-state index >= 15 is 0 Å². The van der Waals surface area contributed by atoms with E-state index in [0.717, 1.165) is 16.9 Å². The van der Waals surface area contributed by atoms with Crippen LogP contribution in [0, 0.1) is 6.92 Å². The predicted molar refractivity (Wildman–Crippen MR) is 97.0 cm³/mol. The molecule has 2 aromatic rings. The van der Waals surface area contributed by atoms with E-state index in [-0.39, 0.29) is 5.91 Å². The molecule has 1 N–H and O–H groups in total. The van der Waals surface area contributed by atoms with E-state index in [1.807, 2.05) is 25.1 Å². The Kier molecular flexibility index (Phi) is 5.85. The van der Waals surface area contributed by atoms with Crippen LogP contribution < -0.4 is 14.8 Å². The minimum Gasteiger partial charge on any atom is -0.495 e. The highest BCUT2D eigenvalue weighted by atomic mass is 16.5. The lowest BCUT2D eigenvalue weighted by atomic mass is 10.0. The summed E-state index contributed by atoms with van der Waals surface area (Å²) in [6.45, 7) is 7.97. The van der Waals surface area contributed by atoms with Gasteiger partial charge in [0.05, 0.1) is 12.8 Å². The molecular weight excluding hydrogens is 302 g/mol. The summed E-state index contributed by atoms with van der Waals surface area (Å²) in [4.78, 5) is 12.5. The minimum absolute atomic E-state index is 0.212. The summed E-state index contributed by atoms with van der Waals surface area (Å²) in [6.07, 6.45) is -0.616. The molecule has 0 saturated heterocycles. The Morgan fingerprint density at radius 1 is 1.04 bits per heavy atom. The third-order valence-corrected chi connectivity index (χ3v) is 3.83. The number of hydrogen-bond donors (Lipinski definition) is 1. The van der Waals surface area contributed by atoms with Crippen molar-refractivity contribution >= 4 is 11.6 Å². The van der Waals surface area contributed by atoms with Crippen molar-refractivity contribution in [3.05, 3.63) is 53.6 Å². The zero-order chi connectivity index (χ0) is 17.7. The quantitative estimate of drug-likeness (QED) is 0.848. The second kappa shape index (κ2) is 7.86. The second-order valence-electron chi connectivity index (χ2n) is 6.15. The van der Waals surface area contributed by atoms with Gasteiger partial charge in [-0.25, -0.2) is 0 Å².